The third-order valence-corrected chi connectivity index (χ3v) is 5.27. The minimum absolute atomic E-state index is 0.189. The zero-order valence-electron chi connectivity index (χ0n) is 19.2. The van der Waals surface area contributed by atoms with Gasteiger partial charge in [-0.05, 0) is 41.5 Å². The molecular formula is C29H24N2O4. The number of carbonyl (C=O) groups is 1. The van der Waals surface area contributed by atoms with Crippen molar-refractivity contribution in [1.29, 1.82) is 5.26 Å². The molecule has 6 heteroatoms. The molecule has 0 aromatic heterocycles. The lowest BCUT2D eigenvalue weighted by atomic mass is 10.1. The van der Waals surface area contributed by atoms with Crippen molar-refractivity contribution in [3.05, 3.63) is 119 Å². The van der Waals surface area contributed by atoms with Crippen LogP contribution < -0.4 is 19.5 Å². The Morgan fingerprint density at radius 3 is 1.97 bits per heavy atom. The largest absolute Gasteiger partial charge is 0.493 e. The molecule has 0 radical (unpaired) electrons. The number of nitriles is 1. The molecular weight excluding hydrogens is 440 g/mol. The normalized spacial score (nSPS) is 10.2. The lowest BCUT2D eigenvalue weighted by molar-refractivity contribution is 0.102. The van der Waals surface area contributed by atoms with Crippen LogP contribution in [0.25, 0.3) is 0 Å². The van der Waals surface area contributed by atoms with E-state index in [1.54, 1.807) is 24.3 Å². The number of nitrogens with one attached hydrogen (secondary N) is 1. The van der Waals surface area contributed by atoms with E-state index in [2.05, 4.69) is 11.4 Å². The van der Waals surface area contributed by atoms with Gasteiger partial charge in [0.25, 0.3) is 5.91 Å². The van der Waals surface area contributed by atoms with Gasteiger partial charge in [-0.25, -0.2) is 0 Å². The SMILES string of the molecule is COc1cc(C(=O)Nc2ccc(OCc3ccccc3)cc2)c(C#N)cc1OCc1ccccc1. The van der Waals surface area contributed by atoms with Crippen LogP contribution in [0.4, 0.5) is 5.69 Å². The number of rotatable bonds is 9. The third-order valence-electron chi connectivity index (χ3n) is 5.27. The molecule has 6 nitrogen and oxygen atoms in total. The first kappa shape index (κ1) is 23.4. The summed E-state index contributed by atoms with van der Waals surface area (Å²) in [6, 6.07) is 31.7. The molecule has 0 fully saturated rings. The van der Waals surface area contributed by atoms with Crippen molar-refractivity contribution in [2.75, 3.05) is 12.4 Å². The molecule has 0 aliphatic carbocycles. The van der Waals surface area contributed by atoms with E-state index in [4.69, 9.17) is 14.2 Å². The van der Waals surface area contributed by atoms with Crippen molar-refractivity contribution in [2.24, 2.45) is 0 Å². The average Bonchev–Trinajstić information content (AvgIpc) is 2.92. The summed E-state index contributed by atoms with van der Waals surface area (Å²) in [5.41, 5.74) is 3.01. The van der Waals surface area contributed by atoms with Crippen LogP contribution in [0.15, 0.2) is 97.1 Å². The molecule has 0 spiro atoms. The summed E-state index contributed by atoms with van der Waals surface area (Å²) in [7, 11) is 1.49. The molecule has 0 saturated carbocycles. The highest BCUT2D eigenvalue weighted by Gasteiger charge is 2.18. The van der Waals surface area contributed by atoms with E-state index in [0.29, 0.717) is 36.1 Å². The number of hydrogen-bond acceptors (Lipinski definition) is 5. The summed E-state index contributed by atoms with van der Waals surface area (Å²) in [4.78, 5) is 13.0. The second-order valence-corrected chi connectivity index (χ2v) is 7.69. The highest BCUT2D eigenvalue weighted by Crippen LogP contribution is 2.32. The van der Waals surface area contributed by atoms with Gasteiger partial charge in [0.1, 0.15) is 25.0 Å². The van der Waals surface area contributed by atoms with Gasteiger partial charge in [-0.1, -0.05) is 60.7 Å². The van der Waals surface area contributed by atoms with E-state index in [1.165, 1.54) is 19.2 Å². The highest BCUT2D eigenvalue weighted by atomic mass is 16.5. The van der Waals surface area contributed by atoms with Crippen LogP contribution in [0, 0.1) is 11.3 Å². The standard InChI is InChI=1S/C29H24N2O4/c1-33-27-17-26(23(18-30)16-28(27)35-20-22-10-6-3-7-11-22)29(32)31-24-12-14-25(15-13-24)34-19-21-8-4-2-5-9-21/h2-17H,19-20H2,1H3,(H,31,32). The minimum atomic E-state index is -0.424. The Morgan fingerprint density at radius 1 is 0.800 bits per heavy atom. The van der Waals surface area contributed by atoms with Crippen LogP contribution in [-0.2, 0) is 13.2 Å². The van der Waals surface area contributed by atoms with E-state index < -0.39 is 5.91 Å². The smallest absolute Gasteiger partial charge is 0.257 e. The molecule has 0 saturated heterocycles. The molecule has 0 aliphatic heterocycles. The van der Waals surface area contributed by atoms with Crippen LogP contribution >= 0.6 is 0 Å². The molecule has 4 aromatic carbocycles. The summed E-state index contributed by atoms with van der Waals surface area (Å²) >= 11 is 0. The molecule has 0 aliphatic rings. The number of hydrogen-bond donors (Lipinski definition) is 1. The summed E-state index contributed by atoms with van der Waals surface area (Å²) < 4.78 is 17.1. The van der Waals surface area contributed by atoms with Gasteiger partial charge < -0.3 is 19.5 Å². The fraction of sp³-hybridized carbons (Fsp3) is 0.103. The maximum atomic E-state index is 13.0. The highest BCUT2D eigenvalue weighted by molar-refractivity contribution is 6.06. The van der Waals surface area contributed by atoms with Crippen LogP contribution in [0.1, 0.15) is 27.0 Å². The predicted molar refractivity (Wildman–Crippen MR) is 134 cm³/mol. The Kier molecular flexibility index (Phi) is 7.62. The van der Waals surface area contributed by atoms with E-state index in [0.717, 1.165) is 11.1 Å². The van der Waals surface area contributed by atoms with Gasteiger partial charge in [0.15, 0.2) is 11.5 Å². The Bertz CT molecular complexity index is 1310. The molecule has 35 heavy (non-hydrogen) atoms. The third kappa shape index (κ3) is 6.18. The van der Waals surface area contributed by atoms with Crippen molar-refractivity contribution in [3.8, 4) is 23.3 Å². The summed E-state index contributed by atoms with van der Waals surface area (Å²) in [5.74, 6) is 1.03. The summed E-state index contributed by atoms with van der Waals surface area (Å²) in [6.07, 6.45) is 0. The molecule has 1 N–H and O–H groups in total. The zero-order chi connectivity index (χ0) is 24.5. The minimum Gasteiger partial charge on any atom is -0.493 e. The van der Waals surface area contributed by atoms with Gasteiger partial charge in [0.05, 0.1) is 18.2 Å². The van der Waals surface area contributed by atoms with Crippen LogP contribution in [0.5, 0.6) is 17.2 Å². The number of amides is 1. The summed E-state index contributed by atoms with van der Waals surface area (Å²) in [6.45, 7) is 0.767. The maximum absolute atomic E-state index is 13.0. The van der Waals surface area contributed by atoms with Gasteiger partial charge in [-0.3, -0.25) is 4.79 Å². The van der Waals surface area contributed by atoms with Crippen molar-refractivity contribution in [1.82, 2.24) is 0 Å². The van der Waals surface area contributed by atoms with E-state index >= 15 is 0 Å². The maximum Gasteiger partial charge on any atom is 0.257 e. The average molecular weight is 465 g/mol. The first-order valence-corrected chi connectivity index (χ1v) is 11.0. The van der Waals surface area contributed by atoms with Crippen molar-refractivity contribution >= 4 is 11.6 Å². The van der Waals surface area contributed by atoms with Gasteiger partial charge in [0.2, 0.25) is 0 Å². The number of carbonyl (C=O) groups excluding carboxylic acids is 1. The number of nitrogens with zero attached hydrogens (tertiary/aromatic N) is 1. The van der Waals surface area contributed by atoms with Crippen LogP contribution in [0.2, 0.25) is 0 Å². The molecule has 1 amide bonds. The molecule has 0 unspecified atom stereocenters. The van der Waals surface area contributed by atoms with Gasteiger partial charge in [-0.15, -0.1) is 0 Å². The van der Waals surface area contributed by atoms with E-state index in [-0.39, 0.29) is 11.1 Å². The Balaban J connectivity index is 1.44. The fourth-order valence-corrected chi connectivity index (χ4v) is 3.42. The van der Waals surface area contributed by atoms with Gasteiger partial charge in [0, 0.05) is 11.8 Å². The van der Waals surface area contributed by atoms with Crippen LogP contribution in [-0.4, -0.2) is 13.0 Å². The van der Waals surface area contributed by atoms with Gasteiger partial charge in [-0.2, -0.15) is 5.26 Å². The fourth-order valence-electron chi connectivity index (χ4n) is 3.42. The van der Waals surface area contributed by atoms with Crippen molar-refractivity contribution in [3.63, 3.8) is 0 Å². The Labute approximate surface area is 204 Å². The monoisotopic (exact) mass is 464 g/mol. The number of ether oxygens (including phenoxy) is 3. The molecule has 0 bridgehead atoms. The number of methoxy groups -OCH3 is 1. The molecule has 174 valence electrons. The Hall–Kier alpha value is -4.76. The number of benzene rings is 4. The molecule has 4 aromatic rings. The molecule has 0 atom stereocenters. The summed E-state index contributed by atoms with van der Waals surface area (Å²) in [5, 5.41) is 12.5. The second kappa shape index (κ2) is 11.4. The van der Waals surface area contributed by atoms with E-state index in [9.17, 15) is 10.1 Å². The number of anilines is 1. The van der Waals surface area contributed by atoms with Crippen molar-refractivity contribution < 1.29 is 19.0 Å². The van der Waals surface area contributed by atoms with Gasteiger partial charge >= 0.3 is 0 Å². The molecule has 0 heterocycles. The lowest BCUT2D eigenvalue weighted by Crippen LogP contribution is -2.14. The first-order chi connectivity index (χ1) is 17.2. The van der Waals surface area contributed by atoms with Crippen molar-refractivity contribution in [2.45, 2.75) is 13.2 Å². The topological polar surface area (TPSA) is 80.6 Å². The zero-order valence-corrected chi connectivity index (χ0v) is 19.2. The second-order valence-electron chi connectivity index (χ2n) is 7.69. The molecule has 4 rings (SSSR count). The van der Waals surface area contributed by atoms with Crippen LogP contribution in [0.3, 0.4) is 0 Å². The lowest BCUT2D eigenvalue weighted by Gasteiger charge is -2.14. The predicted octanol–water partition coefficient (Wildman–Crippen LogP) is 5.98. The van der Waals surface area contributed by atoms with E-state index in [1.807, 2.05) is 60.7 Å². The quantitative estimate of drug-likeness (QED) is 0.330. The Morgan fingerprint density at radius 2 is 1.40 bits per heavy atom. The first-order valence-electron chi connectivity index (χ1n) is 11.0.